The summed E-state index contributed by atoms with van der Waals surface area (Å²) in [6.45, 7) is 6.27. The lowest BCUT2D eigenvalue weighted by Crippen LogP contribution is -2.05. The number of hydrogen-bond acceptors (Lipinski definition) is 1. The fourth-order valence-electron chi connectivity index (χ4n) is 1.77. The van der Waals surface area contributed by atoms with E-state index in [0.29, 0.717) is 0 Å². The van der Waals surface area contributed by atoms with Gasteiger partial charge in [-0.25, -0.2) is 0 Å². The van der Waals surface area contributed by atoms with Crippen molar-refractivity contribution in [2.75, 3.05) is 0 Å². The highest BCUT2D eigenvalue weighted by Gasteiger charge is 2.07. The van der Waals surface area contributed by atoms with Crippen molar-refractivity contribution in [3.05, 3.63) is 29.8 Å². The van der Waals surface area contributed by atoms with Crippen LogP contribution >= 0.6 is 11.6 Å². The molecule has 1 nitrogen and oxygen atoms in total. The molecule has 1 aromatic rings. The molecular weight excluding hydrogens is 232 g/mol. The highest BCUT2D eigenvalue weighted by Crippen LogP contribution is 2.28. The largest absolute Gasteiger partial charge is 0.491 e. The van der Waals surface area contributed by atoms with E-state index in [-0.39, 0.29) is 11.5 Å². The Bertz CT molecular complexity index is 305. The summed E-state index contributed by atoms with van der Waals surface area (Å²) >= 11 is 6.36. The van der Waals surface area contributed by atoms with E-state index >= 15 is 0 Å². The van der Waals surface area contributed by atoms with Gasteiger partial charge in [0, 0.05) is 0 Å². The first-order valence-electron chi connectivity index (χ1n) is 6.54. The van der Waals surface area contributed by atoms with E-state index < -0.39 is 0 Å². The average molecular weight is 255 g/mol. The monoisotopic (exact) mass is 254 g/mol. The van der Waals surface area contributed by atoms with Crippen LogP contribution in [0.4, 0.5) is 0 Å². The highest BCUT2D eigenvalue weighted by atomic mass is 35.5. The second kappa shape index (κ2) is 7.60. The van der Waals surface area contributed by atoms with Crippen molar-refractivity contribution in [2.24, 2.45) is 0 Å². The smallest absolute Gasteiger partial charge is 0.119 e. The molecule has 0 N–H and O–H groups in total. The molecule has 0 radical (unpaired) electrons. The van der Waals surface area contributed by atoms with E-state index in [1.807, 2.05) is 26.0 Å². The van der Waals surface area contributed by atoms with Crippen molar-refractivity contribution in [2.45, 2.75) is 57.9 Å². The quantitative estimate of drug-likeness (QED) is 0.472. The minimum atomic E-state index is 0.134. The Labute approximate surface area is 110 Å². The van der Waals surface area contributed by atoms with Crippen LogP contribution in [0.5, 0.6) is 5.75 Å². The van der Waals surface area contributed by atoms with Gasteiger partial charge in [-0.1, -0.05) is 38.3 Å². The molecule has 1 rings (SSSR count). The molecule has 0 saturated carbocycles. The Morgan fingerprint density at radius 3 is 2.29 bits per heavy atom. The van der Waals surface area contributed by atoms with E-state index in [0.717, 1.165) is 12.2 Å². The summed E-state index contributed by atoms with van der Waals surface area (Å²) in [6, 6.07) is 8.15. The van der Waals surface area contributed by atoms with Crippen LogP contribution in [0.25, 0.3) is 0 Å². The van der Waals surface area contributed by atoms with Crippen molar-refractivity contribution in [3.63, 3.8) is 0 Å². The van der Waals surface area contributed by atoms with Crippen LogP contribution in [-0.2, 0) is 0 Å². The molecule has 2 heteroatoms. The Balaban J connectivity index is 2.48. The Hall–Kier alpha value is -0.690. The number of halogens is 1. The third kappa shape index (κ3) is 5.45. The molecule has 0 bridgehead atoms. The molecule has 0 fully saturated rings. The van der Waals surface area contributed by atoms with Crippen molar-refractivity contribution in [1.82, 2.24) is 0 Å². The third-order valence-electron chi connectivity index (χ3n) is 2.67. The first-order valence-corrected chi connectivity index (χ1v) is 6.97. The molecule has 96 valence electrons. The Morgan fingerprint density at radius 2 is 1.76 bits per heavy atom. The van der Waals surface area contributed by atoms with Gasteiger partial charge in [0.1, 0.15) is 5.75 Å². The zero-order chi connectivity index (χ0) is 12.7. The lowest BCUT2D eigenvalue weighted by Gasteiger charge is -2.12. The van der Waals surface area contributed by atoms with Crippen LogP contribution in [-0.4, -0.2) is 6.10 Å². The molecule has 0 amide bonds. The Kier molecular flexibility index (Phi) is 6.43. The van der Waals surface area contributed by atoms with Crippen LogP contribution in [0.3, 0.4) is 0 Å². The van der Waals surface area contributed by atoms with E-state index in [4.69, 9.17) is 16.3 Å². The molecule has 0 spiro atoms. The number of hydrogen-bond donors (Lipinski definition) is 0. The number of benzene rings is 1. The van der Waals surface area contributed by atoms with Crippen LogP contribution < -0.4 is 4.74 Å². The molecule has 0 aliphatic heterocycles. The molecule has 0 aliphatic rings. The predicted octanol–water partition coefficient (Wildman–Crippen LogP) is 5.33. The lowest BCUT2D eigenvalue weighted by molar-refractivity contribution is 0.242. The second-order valence-electron chi connectivity index (χ2n) is 4.70. The third-order valence-corrected chi connectivity index (χ3v) is 3.14. The van der Waals surface area contributed by atoms with Crippen molar-refractivity contribution >= 4 is 11.6 Å². The summed E-state index contributed by atoms with van der Waals surface area (Å²) in [7, 11) is 0. The Morgan fingerprint density at radius 1 is 1.12 bits per heavy atom. The van der Waals surface area contributed by atoms with Crippen LogP contribution in [0.15, 0.2) is 24.3 Å². The van der Waals surface area contributed by atoms with Gasteiger partial charge in [0.15, 0.2) is 0 Å². The molecule has 0 heterocycles. The molecule has 17 heavy (non-hydrogen) atoms. The highest BCUT2D eigenvalue weighted by molar-refractivity contribution is 6.20. The van der Waals surface area contributed by atoms with Gasteiger partial charge in [0.2, 0.25) is 0 Å². The molecule has 1 unspecified atom stereocenters. The molecule has 1 atom stereocenters. The number of ether oxygens (including phenoxy) is 1. The van der Waals surface area contributed by atoms with E-state index in [1.165, 1.54) is 24.8 Å². The number of alkyl halides is 1. The zero-order valence-corrected chi connectivity index (χ0v) is 11.8. The van der Waals surface area contributed by atoms with Gasteiger partial charge in [-0.3, -0.25) is 0 Å². The summed E-state index contributed by atoms with van der Waals surface area (Å²) in [5, 5.41) is 0.134. The fourth-order valence-corrected chi connectivity index (χ4v) is 2.07. The summed E-state index contributed by atoms with van der Waals surface area (Å²) < 4.78 is 5.60. The van der Waals surface area contributed by atoms with Crippen LogP contribution in [0.2, 0.25) is 0 Å². The van der Waals surface area contributed by atoms with Gasteiger partial charge in [0.05, 0.1) is 11.5 Å². The minimum absolute atomic E-state index is 0.134. The van der Waals surface area contributed by atoms with Gasteiger partial charge in [-0.05, 0) is 38.0 Å². The van der Waals surface area contributed by atoms with Crippen LogP contribution in [0, 0.1) is 0 Å². The van der Waals surface area contributed by atoms with Crippen molar-refractivity contribution in [1.29, 1.82) is 0 Å². The number of rotatable bonds is 7. The SMILES string of the molecule is CCCCCC(Cl)c1ccc(OC(C)C)cc1. The molecular formula is C15H23ClO. The van der Waals surface area contributed by atoms with Crippen molar-refractivity contribution in [3.8, 4) is 5.75 Å². The molecule has 1 aromatic carbocycles. The fraction of sp³-hybridized carbons (Fsp3) is 0.600. The van der Waals surface area contributed by atoms with Gasteiger partial charge in [-0.15, -0.1) is 11.6 Å². The summed E-state index contributed by atoms with van der Waals surface area (Å²) in [5.74, 6) is 0.918. The van der Waals surface area contributed by atoms with Gasteiger partial charge < -0.3 is 4.74 Å². The maximum atomic E-state index is 6.36. The average Bonchev–Trinajstić information content (AvgIpc) is 2.29. The summed E-state index contributed by atoms with van der Waals surface area (Å²) in [6.07, 6.45) is 4.98. The van der Waals surface area contributed by atoms with Gasteiger partial charge in [0.25, 0.3) is 0 Å². The standard InChI is InChI=1S/C15H23ClO/c1-4-5-6-7-15(16)13-8-10-14(11-9-13)17-12(2)3/h8-12,15H,4-7H2,1-3H3. The first-order chi connectivity index (χ1) is 8.13. The summed E-state index contributed by atoms with van der Waals surface area (Å²) in [5.41, 5.74) is 1.19. The van der Waals surface area contributed by atoms with Crippen LogP contribution in [0.1, 0.15) is 57.4 Å². The number of unbranched alkanes of at least 4 members (excludes halogenated alkanes) is 2. The lowest BCUT2D eigenvalue weighted by atomic mass is 10.1. The van der Waals surface area contributed by atoms with Crippen molar-refractivity contribution < 1.29 is 4.74 Å². The molecule has 0 aliphatic carbocycles. The van der Waals surface area contributed by atoms with Gasteiger partial charge >= 0.3 is 0 Å². The maximum Gasteiger partial charge on any atom is 0.119 e. The summed E-state index contributed by atoms with van der Waals surface area (Å²) in [4.78, 5) is 0. The zero-order valence-electron chi connectivity index (χ0n) is 11.1. The van der Waals surface area contributed by atoms with Gasteiger partial charge in [-0.2, -0.15) is 0 Å². The molecule has 0 aromatic heterocycles. The second-order valence-corrected chi connectivity index (χ2v) is 5.23. The van der Waals surface area contributed by atoms with E-state index in [1.54, 1.807) is 0 Å². The first kappa shape index (κ1) is 14.4. The predicted molar refractivity (Wildman–Crippen MR) is 74.9 cm³/mol. The maximum absolute atomic E-state index is 6.36. The van der Waals surface area contributed by atoms with E-state index in [2.05, 4.69) is 19.1 Å². The minimum Gasteiger partial charge on any atom is -0.491 e. The topological polar surface area (TPSA) is 9.23 Å². The van der Waals surface area contributed by atoms with E-state index in [9.17, 15) is 0 Å². The molecule has 0 saturated heterocycles. The normalized spacial score (nSPS) is 12.8.